The van der Waals surface area contributed by atoms with Gasteiger partial charge in [-0.2, -0.15) is 15.0 Å². The first kappa shape index (κ1) is 23.8. The molecule has 0 saturated heterocycles. The van der Waals surface area contributed by atoms with E-state index < -0.39 is 0 Å². The molecule has 0 amide bonds. The van der Waals surface area contributed by atoms with Crippen molar-refractivity contribution in [1.82, 2.24) is 15.0 Å². The maximum atomic E-state index is 6.32. The lowest BCUT2D eigenvalue weighted by molar-refractivity contribution is 0.598. The summed E-state index contributed by atoms with van der Waals surface area (Å²) >= 11 is 7.86. The Balaban J connectivity index is 1.75. The first-order valence-corrected chi connectivity index (χ1v) is 12.7. The van der Waals surface area contributed by atoms with Crippen molar-refractivity contribution in [3.05, 3.63) is 47.7 Å². The van der Waals surface area contributed by atoms with Gasteiger partial charge in [-0.25, -0.2) is 0 Å². The van der Waals surface area contributed by atoms with Gasteiger partial charge in [0.2, 0.25) is 11.2 Å². The maximum absolute atomic E-state index is 6.32. The average molecular weight is 457 g/mol. The van der Waals surface area contributed by atoms with Crippen LogP contribution in [0.3, 0.4) is 0 Å². The Morgan fingerprint density at radius 3 is 2.13 bits per heavy atom. The number of fused-ring (bicyclic) bond motifs is 1. The van der Waals surface area contributed by atoms with Crippen LogP contribution in [0.1, 0.15) is 65.2 Å². The van der Waals surface area contributed by atoms with Gasteiger partial charge in [-0.05, 0) is 59.1 Å². The molecule has 0 radical (unpaired) electrons. The van der Waals surface area contributed by atoms with Gasteiger partial charge >= 0.3 is 0 Å². The minimum Gasteiger partial charge on any atom is -0.341 e. The van der Waals surface area contributed by atoms with Gasteiger partial charge in [0.25, 0.3) is 0 Å². The molecule has 0 N–H and O–H groups in total. The highest BCUT2D eigenvalue weighted by Crippen LogP contribution is 2.29. The monoisotopic (exact) mass is 456 g/mol. The molecular weight excluding hydrogens is 424 g/mol. The summed E-state index contributed by atoms with van der Waals surface area (Å²) in [6, 6.07) is 14.8. The average Bonchev–Trinajstić information content (AvgIpc) is 2.77. The van der Waals surface area contributed by atoms with E-state index in [4.69, 9.17) is 16.6 Å². The van der Waals surface area contributed by atoms with Crippen LogP contribution in [0.2, 0.25) is 5.28 Å². The Kier molecular flexibility index (Phi) is 9.88. The number of unbranched alkanes of at least 4 members (excludes halogenated alkanes) is 6. The summed E-state index contributed by atoms with van der Waals surface area (Å²) in [5, 5.41) is 3.35. The topological polar surface area (TPSA) is 41.9 Å². The minimum atomic E-state index is 0.264. The predicted octanol–water partition coefficient (Wildman–Crippen LogP) is 7.80. The fourth-order valence-electron chi connectivity index (χ4n) is 3.62. The van der Waals surface area contributed by atoms with Crippen molar-refractivity contribution < 1.29 is 0 Å². The van der Waals surface area contributed by atoms with E-state index in [-0.39, 0.29) is 5.28 Å². The highest BCUT2D eigenvalue weighted by atomic mass is 35.5. The highest BCUT2D eigenvalue weighted by Gasteiger charge is 2.14. The summed E-state index contributed by atoms with van der Waals surface area (Å²) in [6.07, 6.45) is 9.78. The van der Waals surface area contributed by atoms with Crippen molar-refractivity contribution in [3.63, 3.8) is 0 Å². The molecule has 0 aliphatic carbocycles. The summed E-state index contributed by atoms with van der Waals surface area (Å²) < 4.78 is 0. The Morgan fingerprint density at radius 2 is 1.45 bits per heavy atom. The third kappa shape index (κ3) is 7.65. The lowest BCUT2D eigenvalue weighted by atomic mass is 10.1. The molecule has 4 nitrogen and oxygen atoms in total. The third-order valence-corrected chi connectivity index (χ3v) is 6.38. The van der Waals surface area contributed by atoms with Crippen molar-refractivity contribution in [2.75, 3.05) is 18.0 Å². The molecule has 166 valence electrons. The van der Waals surface area contributed by atoms with Gasteiger partial charge < -0.3 is 4.90 Å². The first-order valence-electron chi connectivity index (χ1n) is 11.5. The van der Waals surface area contributed by atoms with Crippen LogP contribution in [0.15, 0.2) is 52.5 Å². The zero-order valence-electron chi connectivity index (χ0n) is 18.7. The highest BCUT2D eigenvalue weighted by molar-refractivity contribution is 7.99. The number of anilines is 1. The number of rotatable bonds is 13. The lowest BCUT2D eigenvalue weighted by Crippen LogP contribution is -2.28. The number of halogens is 1. The number of benzene rings is 2. The number of nitrogens with zero attached hydrogens (tertiary/aromatic N) is 4. The van der Waals surface area contributed by atoms with Crippen molar-refractivity contribution in [2.45, 2.75) is 75.3 Å². The van der Waals surface area contributed by atoms with E-state index in [0.29, 0.717) is 11.1 Å². The van der Waals surface area contributed by atoms with Crippen molar-refractivity contribution in [2.24, 2.45) is 0 Å². The predicted molar refractivity (Wildman–Crippen MR) is 133 cm³/mol. The summed E-state index contributed by atoms with van der Waals surface area (Å²) in [4.78, 5) is 17.1. The molecule has 3 rings (SSSR count). The van der Waals surface area contributed by atoms with Crippen molar-refractivity contribution in [3.8, 4) is 0 Å². The molecule has 0 spiro atoms. The van der Waals surface area contributed by atoms with Gasteiger partial charge in [-0.3, -0.25) is 0 Å². The second-order valence-corrected chi connectivity index (χ2v) is 9.29. The van der Waals surface area contributed by atoms with Crippen molar-refractivity contribution in [1.29, 1.82) is 0 Å². The van der Waals surface area contributed by atoms with E-state index >= 15 is 0 Å². The van der Waals surface area contributed by atoms with Gasteiger partial charge in [0.15, 0.2) is 5.16 Å². The first-order chi connectivity index (χ1) is 15.2. The molecule has 0 aliphatic rings. The van der Waals surface area contributed by atoms with Crippen LogP contribution in [0.4, 0.5) is 5.95 Å². The van der Waals surface area contributed by atoms with Crippen LogP contribution in [0.25, 0.3) is 10.8 Å². The second-order valence-electron chi connectivity index (χ2n) is 7.91. The van der Waals surface area contributed by atoms with E-state index in [1.54, 1.807) is 0 Å². The molecule has 0 saturated carbocycles. The summed E-state index contributed by atoms with van der Waals surface area (Å²) in [7, 11) is 0. The quantitative estimate of drug-likeness (QED) is 0.245. The molecule has 6 heteroatoms. The van der Waals surface area contributed by atoms with E-state index in [2.05, 4.69) is 71.2 Å². The molecule has 0 bridgehead atoms. The van der Waals surface area contributed by atoms with Crippen LogP contribution in [0, 0.1) is 0 Å². The zero-order chi connectivity index (χ0) is 21.9. The Morgan fingerprint density at radius 1 is 0.774 bits per heavy atom. The standard InChI is InChI=1S/C25H33ClN4S/c1-3-5-7-11-17-30(18-12-8-6-4-2)24-27-23(26)28-25(29-24)31-22-16-15-20-13-9-10-14-21(20)19-22/h9-10,13-16,19H,3-8,11-12,17-18H2,1-2H3. The number of hydrogen-bond donors (Lipinski definition) is 0. The summed E-state index contributed by atoms with van der Waals surface area (Å²) in [6.45, 7) is 6.41. The third-order valence-electron chi connectivity index (χ3n) is 5.35. The van der Waals surface area contributed by atoms with E-state index in [0.717, 1.165) is 30.8 Å². The van der Waals surface area contributed by atoms with Gasteiger partial charge in [-0.15, -0.1) is 0 Å². The van der Waals surface area contributed by atoms with Crippen LogP contribution < -0.4 is 4.90 Å². The number of aromatic nitrogens is 3. The molecule has 0 atom stereocenters. The smallest absolute Gasteiger partial charge is 0.230 e. The molecule has 0 aliphatic heterocycles. The van der Waals surface area contributed by atoms with Crippen LogP contribution >= 0.6 is 23.4 Å². The zero-order valence-corrected chi connectivity index (χ0v) is 20.3. The molecule has 1 heterocycles. The molecule has 31 heavy (non-hydrogen) atoms. The van der Waals surface area contributed by atoms with Crippen LogP contribution in [-0.2, 0) is 0 Å². The van der Waals surface area contributed by atoms with Gasteiger partial charge in [0.05, 0.1) is 0 Å². The van der Waals surface area contributed by atoms with Gasteiger partial charge in [0, 0.05) is 18.0 Å². The molecule has 2 aromatic carbocycles. The van der Waals surface area contributed by atoms with Crippen LogP contribution in [0.5, 0.6) is 0 Å². The second kappa shape index (κ2) is 12.9. The molecule has 3 aromatic rings. The fraction of sp³-hybridized carbons (Fsp3) is 0.480. The Bertz CT molecular complexity index is 938. The van der Waals surface area contributed by atoms with E-state index in [1.165, 1.54) is 61.1 Å². The van der Waals surface area contributed by atoms with Crippen molar-refractivity contribution >= 4 is 40.1 Å². The minimum absolute atomic E-state index is 0.264. The Hall–Kier alpha value is -1.85. The largest absolute Gasteiger partial charge is 0.341 e. The fourth-order valence-corrected chi connectivity index (χ4v) is 4.61. The summed E-state index contributed by atoms with van der Waals surface area (Å²) in [5.41, 5.74) is 0. The summed E-state index contributed by atoms with van der Waals surface area (Å²) in [5.74, 6) is 0.705. The SMILES string of the molecule is CCCCCCN(CCCCCC)c1nc(Cl)nc(Sc2ccc3ccccc3c2)n1. The van der Waals surface area contributed by atoms with E-state index in [9.17, 15) is 0 Å². The van der Waals surface area contributed by atoms with E-state index in [1.807, 2.05) is 0 Å². The van der Waals surface area contributed by atoms with Crippen LogP contribution in [-0.4, -0.2) is 28.0 Å². The maximum Gasteiger partial charge on any atom is 0.230 e. The molecule has 0 unspecified atom stereocenters. The number of hydrogen-bond acceptors (Lipinski definition) is 5. The normalized spacial score (nSPS) is 11.2. The molecule has 0 fully saturated rings. The van der Waals surface area contributed by atoms with Gasteiger partial charge in [-0.1, -0.05) is 82.7 Å². The van der Waals surface area contributed by atoms with Gasteiger partial charge in [0.1, 0.15) is 0 Å². The molecule has 1 aromatic heterocycles. The molecular formula is C25H33ClN4S. The Labute approximate surface area is 195 Å². The lowest BCUT2D eigenvalue weighted by Gasteiger charge is -2.23.